The molecular formula is C22H32F2N2O3. The normalized spacial score (nSPS) is 21.3. The van der Waals surface area contributed by atoms with E-state index in [2.05, 4.69) is 0 Å². The SMILES string of the molecule is CCC(Cc1ccc(F)cc1F)CC1CN(C(=O)OC)C(C(C)(C)C)N(C)C1=O. The Morgan fingerprint density at radius 3 is 2.48 bits per heavy atom. The van der Waals surface area contributed by atoms with Crippen LogP contribution in [0.1, 0.15) is 46.1 Å². The van der Waals surface area contributed by atoms with Gasteiger partial charge in [-0.25, -0.2) is 13.6 Å². The number of benzene rings is 1. The van der Waals surface area contributed by atoms with Crippen molar-refractivity contribution in [2.75, 3.05) is 20.7 Å². The van der Waals surface area contributed by atoms with E-state index in [9.17, 15) is 18.4 Å². The van der Waals surface area contributed by atoms with Crippen LogP contribution in [-0.2, 0) is 16.0 Å². The molecule has 0 bridgehead atoms. The number of halogens is 2. The van der Waals surface area contributed by atoms with E-state index in [0.29, 0.717) is 18.4 Å². The second-order valence-electron chi connectivity index (χ2n) is 8.96. The van der Waals surface area contributed by atoms with Crippen LogP contribution in [-0.4, -0.2) is 48.7 Å². The first kappa shape index (κ1) is 23.1. The van der Waals surface area contributed by atoms with E-state index in [0.717, 1.165) is 12.5 Å². The Kier molecular flexibility index (Phi) is 7.25. The number of nitrogens with zero attached hydrogens (tertiary/aromatic N) is 2. The Morgan fingerprint density at radius 1 is 1.31 bits per heavy atom. The third kappa shape index (κ3) is 5.25. The fraction of sp³-hybridized carbons (Fsp3) is 0.636. The number of rotatable bonds is 5. The molecule has 1 aliphatic heterocycles. The average Bonchev–Trinajstić information content (AvgIpc) is 2.64. The van der Waals surface area contributed by atoms with Crippen LogP contribution in [0, 0.1) is 28.9 Å². The van der Waals surface area contributed by atoms with E-state index < -0.39 is 29.8 Å². The van der Waals surface area contributed by atoms with Crippen LogP contribution >= 0.6 is 0 Å². The van der Waals surface area contributed by atoms with Gasteiger partial charge in [0.05, 0.1) is 13.0 Å². The van der Waals surface area contributed by atoms with Gasteiger partial charge < -0.3 is 9.64 Å². The average molecular weight is 411 g/mol. The molecule has 2 amide bonds. The van der Waals surface area contributed by atoms with Crippen LogP contribution < -0.4 is 0 Å². The molecule has 3 atom stereocenters. The molecule has 162 valence electrons. The molecule has 0 N–H and O–H groups in total. The minimum atomic E-state index is -0.606. The molecule has 1 aliphatic rings. The molecule has 0 radical (unpaired) electrons. The van der Waals surface area contributed by atoms with Gasteiger partial charge in [-0.05, 0) is 30.4 Å². The van der Waals surface area contributed by atoms with E-state index in [1.165, 1.54) is 19.2 Å². The molecule has 2 rings (SSSR count). The van der Waals surface area contributed by atoms with Crippen molar-refractivity contribution < 1.29 is 23.1 Å². The molecule has 3 unspecified atom stereocenters. The third-order valence-corrected chi connectivity index (χ3v) is 5.68. The minimum absolute atomic E-state index is 0.0249. The van der Waals surface area contributed by atoms with Gasteiger partial charge in [0.1, 0.15) is 17.8 Å². The molecular weight excluding hydrogens is 378 g/mol. The van der Waals surface area contributed by atoms with Crippen molar-refractivity contribution in [1.29, 1.82) is 0 Å². The Labute approximate surface area is 172 Å². The van der Waals surface area contributed by atoms with Crippen molar-refractivity contribution in [3.8, 4) is 0 Å². The Morgan fingerprint density at radius 2 is 1.97 bits per heavy atom. The van der Waals surface area contributed by atoms with E-state index in [4.69, 9.17) is 4.74 Å². The smallest absolute Gasteiger partial charge is 0.411 e. The predicted octanol–water partition coefficient (Wildman–Crippen LogP) is 4.45. The van der Waals surface area contributed by atoms with Crippen LogP contribution in [0.5, 0.6) is 0 Å². The second-order valence-corrected chi connectivity index (χ2v) is 8.96. The van der Waals surface area contributed by atoms with Gasteiger partial charge in [0.2, 0.25) is 5.91 Å². The van der Waals surface area contributed by atoms with Gasteiger partial charge in [0.25, 0.3) is 0 Å². The highest BCUT2D eigenvalue weighted by Gasteiger charge is 2.46. The Balaban J connectivity index is 2.21. The summed E-state index contributed by atoms with van der Waals surface area (Å²) in [5.41, 5.74) is 0.0950. The van der Waals surface area contributed by atoms with Crippen LogP contribution in [0.25, 0.3) is 0 Å². The number of hydrogen-bond donors (Lipinski definition) is 0. The molecule has 29 heavy (non-hydrogen) atoms. The van der Waals surface area contributed by atoms with Crippen LogP contribution in [0.15, 0.2) is 18.2 Å². The second kappa shape index (κ2) is 9.09. The zero-order valence-corrected chi connectivity index (χ0v) is 18.2. The summed E-state index contributed by atoms with van der Waals surface area (Å²) in [6, 6.07) is 3.59. The number of carbonyl (C=O) groups is 2. The molecule has 0 spiro atoms. The molecule has 0 aliphatic carbocycles. The standard InChI is InChI=1S/C22H32F2N2O3/c1-7-14(10-15-8-9-17(23)12-18(15)24)11-16-13-26(21(28)29-6)20(22(2,3)4)25(5)19(16)27/h8-9,12,14,16,20H,7,10-11,13H2,1-6H3. The summed E-state index contributed by atoms with van der Waals surface area (Å²) in [6.45, 7) is 8.18. The monoisotopic (exact) mass is 410 g/mol. The quantitative estimate of drug-likeness (QED) is 0.721. The van der Waals surface area contributed by atoms with E-state index in [1.54, 1.807) is 16.8 Å². The largest absolute Gasteiger partial charge is 0.453 e. The van der Waals surface area contributed by atoms with Gasteiger partial charge in [-0.3, -0.25) is 9.69 Å². The van der Waals surface area contributed by atoms with Gasteiger partial charge in [-0.2, -0.15) is 0 Å². The van der Waals surface area contributed by atoms with Gasteiger partial charge in [0.15, 0.2) is 0 Å². The zero-order valence-electron chi connectivity index (χ0n) is 18.2. The first-order valence-corrected chi connectivity index (χ1v) is 10.0. The maximum atomic E-state index is 14.1. The summed E-state index contributed by atoms with van der Waals surface area (Å²) in [7, 11) is 3.04. The zero-order chi connectivity index (χ0) is 21.9. The number of methoxy groups -OCH3 is 1. The molecule has 1 aromatic rings. The fourth-order valence-electron chi connectivity index (χ4n) is 4.34. The number of carbonyl (C=O) groups excluding carboxylic acids is 2. The van der Waals surface area contributed by atoms with Crippen molar-refractivity contribution in [2.24, 2.45) is 17.3 Å². The highest BCUT2D eigenvalue weighted by atomic mass is 19.1. The van der Waals surface area contributed by atoms with Gasteiger partial charge in [0, 0.05) is 25.1 Å². The van der Waals surface area contributed by atoms with Gasteiger partial charge >= 0.3 is 6.09 Å². The lowest BCUT2D eigenvalue weighted by Gasteiger charge is -2.50. The first-order chi connectivity index (χ1) is 13.5. The molecule has 7 heteroatoms. The lowest BCUT2D eigenvalue weighted by Crippen LogP contribution is -2.64. The molecule has 0 aromatic heterocycles. The lowest BCUT2D eigenvalue weighted by molar-refractivity contribution is -0.154. The van der Waals surface area contributed by atoms with Crippen LogP contribution in [0.2, 0.25) is 0 Å². The summed E-state index contributed by atoms with van der Waals surface area (Å²) < 4.78 is 32.2. The molecule has 0 saturated carbocycles. The number of hydrogen-bond acceptors (Lipinski definition) is 3. The molecule has 1 saturated heterocycles. The summed E-state index contributed by atoms with van der Waals surface area (Å²) in [5.74, 6) is -1.57. The number of amides is 2. The summed E-state index contributed by atoms with van der Waals surface area (Å²) in [5, 5.41) is 0. The summed E-state index contributed by atoms with van der Waals surface area (Å²) in [4.78, 5) is 28.7. The molecule has 1 aromatic carbocycles. The van der Waals surface area contributed by atoms with Crippen molar-refractivity contribution in [2.45, 2.75) is 53.1 Å². The van der Waals surface area contributed by atoms with E-state index >= 15 is 0 Å². The van der Waals surface area contributed by atoms with Crippen molar-refractivity contribution in [3.05, 3.63) is 35.4 Å². The predicted molar refractivity (Wildman–Crippen MR) is 107 cm³/mol. The lowest BCUT2D eigenvalue weighted by atomic mass is 9.82. The minimum Gasteiger partial charge on any atom is -0.453 e. The van der Waals surface area contributed by atoms with Crippen LogP contribution in [0.4, 0.5) is 13.6 Å². The fourth-order valence-corrected chi connectivity index (χ4v) is 4.34. The third-order valence-electron chi connectivity index (χ3n) is 5.68. The molecule has 1 fully saturated rings. The molecule has 5 nitrogen and oxygen atoms in total. The van der Waals surface area contributed by atoms with Crippen LogP contribution in [0.3, 0.4) is 0 Å². The highest BCUT2D eigenvalue weighted by Crippen LogP contribution is 2.35. The van der Waals surface area contributed by atoms with E-state index in [-0.39, 0.29) is 23.8 Å². The highest BCUT2D eigenvalue weighted by molar-refractivity contribution is 5.82. The first-order valence-electron chi connectivity index (χ1n) is 10.0. The maximum absolute atomic E-state index is 14.1. The summed E-state index contributed by atoms with van der Waals surface area (Å²) in [6.07, 6.45) is 0.795. The number of ether oxygens (including phenoxy) is 1. The van der Waals surface area contributed by atoms with E-state index in [1.807, 2.05) is 27.7 Å². The van der Waals surface area contributed by atoms with Crippen molar-refractivity contribution >= 4 is 12.0 Å². The Hall–Kier alpha value is -2.18. The van der Waals surface area contributed by atoms with Gasteiger partial charge in [-0.15, -0.1) is 0 Å². The Bertz CT molecular complexity index is 748. The van der Waals surface area contributed by atoms with Crippen molar-refractivity contribution in [1.82, 2.24) is 9.80 Å². The summed E-state index contributed by atoms with van der Waals surface area (Å²) >= 11 is 0. The van der Waals surface area contributed by atoms with Crippen molar-refractivity contribution in [3.63, 3.8) is 0 Å². The topological polar surface area (TPSA) is 49.9 Å². The maximum Gasteiger partial charge on any atom is 0.411 e. The van der Waals surface area contributed by atoms with Gasteiger partial charge in [-0.1, -0.05) is 40.2 Å². The molecule has 1 heterocycles.